The third-order valence-electron chi connectivity index (χ3n) is 3.41. The Morgan fingerprint density at radius 2 is 1.52 bits per heavy atom. The molecule has 0 aliphatic heterocycles. The molecule has 0 spiro atoms. The fraction of sp³-hybridized carbons (Fsp3) is 0.263. The van der Waals surface area contributed by atoms with Crippen LogP contribution in [0.4, 0.5) is 0 Å². The topological polar surface area (TPSA) is 40.5 Å². The van der Waals surface area contributed by atoms with E-state index in [9.17, 15) is 10.2 Å². The molecule has 0 bridgehead atoms. The Morgan fingerprint density at radius 1 is 0.952 bits per heavy atom. The van der Waals surface area contributed by atoms with Gasteiger partial charge in [-0.15, -0.1) is 0 Å². The highest BCUT2D eigenvalue weighted by Gasteiger charge is 1.97. The van der Waals surface area contributed by atoms with E-state index in [0.717, 1.165) is 30.4 Å². The second kappa shape index (κ2) is 7.65. The Bertz CT molecular complexity index is 566. The van der Waals surface area contributed by atoms with Crippen molar-refractivity contribution in [1.29, 1.82) is 0 Å². The maximum absolute atomic E-state index is 9.30. The zero-order chi connectivity index (χ0) is 15.1. The average Bonchev–Trinajstić information content (AvgIpc) is 2.48. The monoisotopic (exact) mass is 282 g/mol. The van der Waals surface area contributed by atoms with Gasteiger partial charge in [-0.2, -0.15) is 0 Å². The predicted octanol–water partition coefficient (Wildman–Crippen LogP) is 4.62. The van der Waals surface area contributed by atoms with E-state index in [1.165, 1.54) is 5.56 Å². The lowest BCUT2D eigenvalue weighted by Crippen LogP contribution is -1.97. The summed E-state index contributed by atoms with van der Waals surface area (Å²) in [6.07, 6.45) is 6.91. The SMILES string of the molecule is CC(O)CCC/C=C/c1ccc(-c2ccc(O)cc2)cc1. The molecule has 0 saturated heterocycles. The Labute approximate surface area is 126 Å². The van der Waals surface area contributed by atoms with Gasteiger partial charge in [-0.05, 0) is 55.0 Å². The fourth-order valence-corrected chi connectivity index (χ4v) is 2.19. The molecule has 2 aromatic rings. The number of hydrogen-bond acceptors (Lipinski definition) is 2. The first-order chi connectivity index (χ1) is 10.1. The number of allylic oxidation sites excluding steroid dienone is 1. The van der Waals surface area contributed by atoms with Crippen LogP contribution in [0.3, 0.4) is 0 Å². The highest BCUT2D eigenvalue weighted by atomic mass is 16.3. The summed E-state index contributed by atoms with van der Waals surface area (Å²) >= 11 is 0. The van der Waals surface area contributed by atoms with Crippen molar-refractivity contribution in [1.82, 2.24) is 0 Å². The molecule has 1 unspecified atom stereocenters. The number of aliphatic hydroxyl groups is 1. The molecule has 110 valence electrons. The number of phenolic OH excluding ortho intramolecular Hbond substituents is 1. The summed E-state index contributed by atoms with van der Waals surface area (Å²) in [6.45, 7) is 1.83. The van der Waals surface area contributed by atoms with E-state index < -0.39 is 0 Å². The van der Waals surface area contributed by atoms with E-state index in [1.807, 2.05) is 19.1 Å². The second-order valence-electron chi connectivity index (χ2n) is 5.35. The summed E-state index contributed by atoms with van der Waals surface area (Å²) < 4.78 is 0. The van der Waals surface area contributed by atoms with E-state index in [-0.39, 0.29) is 11.9 Å². The molecule has 2 N–H and O–H groups in total. The zero-order valence-corrected chi connectivity index (χ0v) is 12.4. The summed E-state index contributed by atoms with van der Waals surface area (Å²) in [5.74, 6) is 0.288. The maximum atomic E-state index is 9.30. The molecule has 0 aromatic heterocycles. The molecule has 0 amide bonds. The number of hydrogen-bond donors (Lipinski definition) is 2. The Hall–Kier alpha value is -2.06. The average molecular weight is 282 g/mol. The zero-order valence-electron chi connectivity index (χ0n) is 12.4. The highest BCUT2D eigenvalue weighted by molar-refractivity contribution is 5.66. The van der Waals surface area contributed by atoms with E-state index in [2.05, 4.69) is 36.4 Å². The van der Waals surface area contributed by atoms with E-state index in [4.69, 9.17) is 0 Å². The van der Waals surface area contributed by atoms with Crippen LogP contribution in [0.5, 0.6) is 5.75 Å². The summed E-state index contributed by atoms with van der Waals surface area (Å²) in [6, 6.07) is 15.6. The fourth-order valence-electron chi connectivity index (χ4n) is 2.19. The van der Waals surface area contributed by atoms with E-state index in [0.29, 0.717) is 0 Å². The standard InChI is InChI=1S/C19H22O2/c1-15(20)5-3-2-4-6-16-7-9-17(10-8-16)18-11-13-19(21)14-12-18/h4,6-15,20-21H,2-3,5H2,1H3/b6-4+. The molecule has 2 heteroatoms. The molecule has 0 aliphatic rings. The van der Waals surface area contributed by atoms with E-state index in [1.54, 1.807) is 12.1 Å². The molecule has 0 saturated carbocycles. The molecule has 0 fully saturated rings. The van der Waals surface area contributed by atoms with Crippen molar-refractivity contribution >= 4 is 6.08 Å². The van der Waals surface area contributed by atoms with Gasteiger partial charge in [0.1, 0.15) is 5.75 Å². The van der Waals surface area contributed by atoms with Crippen LogP contribution in [-0.2, 0) is 0 Å². The maximum Gasteiger partial charge on any atom is 0.115 e. The van der Waals surface area contributed by atoms with Crippen molar-refractivity contribution in [2.75, 3.05) is 0 Å². The minimum Gasteiger partial charge on any atom is -0.508 e. The quantitative estimate of drug-likeness (QED) is 0.759. The lowest BCUT2D eigenvalue weighted by atomic mass is 10.0. The van der Waals surface area contributed by atoms with Crippen LogP contribution in [0.15, 0.2) is 54.6 Å². The van der Waals surface area contributed by atoms with Gasteiger partial charge in [0, 0.05) is 0 Å². The van der Waals surface area contributed by atoms with Crippen LogP contribution >= 0.6 is 0 Å². The largest absolute Gasteiger partial charge is 0.508 e. The molecule has 0 radical (unpaired) electrons. The number of rotatable bonds is 6. The van der Waals surface area contributed by atoms with Gasteiger partial charge in [0.05, 0.1) is 6.10 Å². The van der Waals surface area contributed by atoms with Gasteiger partial charge in [-0.3, -0.25) is 0 Å². The van der Waals surface area contributed by atoms with Crippen LogP contribution in [-0.4, -0.2) is 16.3 Å². The van der Waals surface area contributed by atoms with Crippen molar-refractivity contribution in [2.45, 2.75) is 32.3 Å². The van der Waals surface area contributed by atoms with Crippen LogP contribution in [0, 0.1) is 0 Å². The van der Waals surface area contributed by atoms with Crippen molar-refractivity contribution in [3.05, 3.63) is 60.2 Å². The summed E-state index contributed by atoms with van der Waals surface area (Å²) in [5, 5.41) is 18.5. The smallest absolute Gasteiger partial charge is 0.115 e. The number of phenols is 1. The normalized spacial score (nSPS) is 12.7. The molecule has 2 rings (SSSR count). The number of aromatic hydroxyl groups is 1. The van der Waals surface area contributed by atoms with Crippen LogP contribution in [0.1, 0.15) is 31.7 Å². The summed E-state index contributed by atoms with van der Waals surface area (Å²) in [7, 11) is 0. The second-order valence-corrected chi connectivity index (χ2v) is 5.35. The molecular formula is C19H22O2. The van der Waals surface area contributed by atoms with Gasteiger partial charge >= 0.3 is 0 Å². The minimum absolute atomic E-state index is 0.206. The molecule has 2 aromatic carbocycles. The highest BCUT2D eigenvalue weighted by Crippen LogP contribution is 2.22. The lowest BCUT2D eigenvalue weighted by molar-refractivity contribution is 0.182. The van der Waals surface area contributed by atoms with Crippen molar-refractivity contribution < 1.29 is 10.2 Å². The minimum atomic E-state index is -0.206. The number of unbranched alkanes of at least 4 members (excludes halogenated alkanes) is 1. The Kier molecular flexibility index (Phi) is 5.59. The molecule has 0 aliphatic carbocycles. The van der Waals surface area contributed by atoms with E-state index >= 15 is 0 Å². The number of benzene rings is 2. The molecule has 2 nitrogen and oxygen atoms in total. The first-order valence-corrected chi connectivity index (χ1v) is 7.39. The third kappa shape index (κ3) is 5.09. The van der Waals surface area contributed by atoms with Crippen LogP contribution in [0.2, 0.25) is 0 Å². The van der Waals surface area contributed by atoms with Crippen LogP contribution < -0.4 is 0 Å². The Morgan fingerprint density at radius 3 is 2.10 bits per heavy atom. The lowest BCUT2D eigenvalue weighted by Gasteiger charge is -2.03. The summed E-state index contributed by atoms with van der Waals surface area (Å²) in [4.78, 5) is 0. The van der Waals surface area contributed by atoms with Gasteiger partial charge in [0.25, 0.3) is 0 Å². The summed E-state index contributed by atoms with van der Waals surface area (Å²) in [5.41, 5.74) is 3.41. The van der Waals surface area contributed by atoms with Gasteiger partial charge in [0.15, 0.2) is 0 Å². The first kappa shape index (κ1) is 15.3. The van der Waals surface area contributed by atoms with Crippen molar-refractivity contribution in [3.63, 3.8) is 0 Å². The van der Waals surface area contributed by atoms with Crippen molar-refractivity contribution in [2.24, 2.45) is 0 Å². The molecule has 0 heterocycles. The predicted molar refractivity (Wildman–Crippen MR) is 88.1 cm³/mol. The van der Waals surface area contributed by atoms with Crippen LogP contribution in [0.25, 0.3) is 17.2 Å². The van der Waals surface area contributed by atoms with Gasteiger partial charge < -0.3 is 10.2 Å². The molecular weight excluding hydrogens is 260 g/mol. The molecule has 21 heavy (non-hydrogen) atoms. The molecule has 1 atom stereocenters. The number of aliphatic hydroxyl groups excluding tert-OH is 1. The first-order valence-electron chi connectivity index (χ1n) is 7.39. The van der Waals surface area contributed by atoms with Gasteiger partial charge in [0.2, 0.25) is 0 Å². The van der Waals surface area contributed by atoms with Gasteiger partial charge in [-0.25, -0.2) is 0 Å². The van der Waals surface area contributed by atoms with Gasteiger partial charge in [-0.1, -0.05) is 48.6 Å². The Balaban J connectivity index is 1.92. The van der Waals surface area contributed by atoms with Crippen molar-refractivity contribution in [3.8, 4) is 16.9 Å². The third-order valence-corrected chi connectivity index (χ3v) is 3.41.